The van der Waals surface area contributed by atoms with E-state index >= 15 is 0 Å². The van der Waals surface area contributed by atoms with Gasteiger partial charge in [0.05, 0.1) is 12.6 Å². The van der Waals surface area contributed by atoms with Crippen molar-refractivity contribution in [2.45, 2.75) is 17.8 Å². The van der Waals surface area contributed by atoms with Crippen LogP contribution in [0.4, 0.5) is 0 Å². The van der Waals surface area contributed by atoms with Crippen LogP contribution in [-0.4, -0.2) is 36.1 Å². The lowest BCUT2D eigenvalue weighted by atomic mass is 10.4. The van der Waals surface area contributed by atoms with Gasteiger partial charge < -0.3 is 9.67 Å². The van der Waals surface area contributed by atoms with Gasteiger partial charge in [-0.05, 0) is 0 Å². The molecule has 3 rings (SSSR count). The van der Waals surface area contributed by atoms with E-state index in [1.165, 1.54) is 16.3 Å². The van der Waals surface area contributed by atoms with Gasteiger partial charge in [-0.1, -0.05) is 11.8 Å². The van der Waals surface area contributed by atoms with Gasteiger partial charge in [-0.3, -0.25) is 14.3 Å². The Bertz CT molecular complexity index is 713. The quantitative estimate of drug-likeness (QED) is 0.622. The van der Waals surface area contributed by atoms with Crippen LogP contribution < -0.4 is 11.2 Å². The Balaban J connectivity index is 2.44. The summed E-state index contributed by atoms with van der Waals surface area (Å²) < 4.78 is 2.96. The molecule has 0 amide bonds. The molecule has 7 nitrogen and oxygen atoms in total. The first-order valence-corrected chi connectivity index (χ1v) is 6.07. The molecule has 0 saturated heterocycles. The first-order valence-electron chi connectivity index (χ1n) is 5.08. The summed E-state index contributed by atoms with van der Waals surface area (Å²) in [7, 11) is 1.56. The summed E-state index contributed by atoms with van der Waals surface area (Å²) in [5.74, 6) is 0.551. The predicted molar refractivity (Wildman–Crippen MR) is 62.3 cm³/mol. The van der Waals surface area contributed by atoms with Crippen LogP contribution in [-0.2, 0) is 13.6 Å². The molecular formula is C9H10N4O3S. The summed E-state index contributed by atoms with van der Waals surface area (Å²) >= 11 is 1.38. The first-order chi connectivity index (χ1) is 8.08. The maximum atomic E-state index is 11.8. The third-order valence-corrected chi connectivity index (χ3v) is 3.89. The number of imidazole rings is 1. The number of hydrogen-bond donors (Lipinski definition) is 2. The Morgan fingerprint density at radius 3 is 3.06 bits per heavy atom. The van der Waals surface area contributed by atoms with Crippen molar-refractivity contribution >= 4 is 22.9 Å². The second-order valence-corrected chi connectivity index (χ2v) is 4.95. The van der Waals surface area contributed by atoms with Crippen LogP contribution in [0.1, 0.15) is 0 Å². The lowest BCUT2D eigenvalue weighted by molar-refractivity contribution is 0.172. The smallest absolute Gasteiger partial charge is 0.329 e. The summed E-state index contributed by atoms with van der Waals surface area (Å²) in [6, 6.07) is 0. The van der Waals surface area contributed by atoms with Crippen molar-refractivity contribution in [2.24, 2.45) is 7.05 Å². The maximum Gasteiger partial charge on any atom is 0.329 e. The fourth-order valence-electron chi connectivity index (χ4n) is 1.93. The number of fused-ring (bicyclic) bond motifs is 3. The number of nitrogens with one attached hydrogen (secondary N) is 1. The van der Waals surface area contributed by atoms with E-state index in [0.29, 0.717) is 28.6 Å². The summed E-state index contributed by atoms with van der Waals surface area (Å²) in [6.45, 7) is 0.333. The van der Waals surface area contributed by atoms with E-state index in [4.69, 9.17) is 0 Å². The van der Waals surface area contributed by atoms with E-state index in [2.05, 4.69) is 9.97 Å². The van der Waals surface area contributed by atoms with Crippen LogP contribution in [0.25, 0.3) is 11.2 Å². The van der Waals surface area contributed by atoms with Crippen LogP contribution in [0.15, 0.2) is 14.7 Å². The largest absolute Gasteiger partial charge is 0.390 e. The van der Waals surface area contributed by atoms with Gasteiger partial charge in [0.15, 0.2) is 16.3 Å². The molecule has 1 unspecified atom stereocenters. The van der Waals surface area contributed by atoms with E-state index in [0.717, 1.165) is 0 Å². The fraction of sp³-hybridized carbons (Fsp3) is 0.444. The van der Waals surface area contributed by atoms with Crippen LogP contribution in [0, 0.1) is 0 Å². The third kappa shape index (κ3) is 1.44. The molecule has 90 valence electrons. The van der Waals surface area contributed by atoms with Gasteiger partial charge in [-0.25, -0.2) is 9.78 Å². The van der Waals surface area contributed by atoms with Crippen LogP contribution in [0.2, 0.25) is 0 Å². The van der Waals surface area contributed by atoms with Crippen LogP contribution >= 0.6 is 11.8 Å². The number of aliphatic hydroxyl groups excluding tert-OH is 1. The first kappa shape index (κ1) is 10.6. The summed E-state index contributed by atoms with van der Waals surface area (Å²) in [4.78, 5) is 29.7. The average Bonchev–Trinajstić information content (AvgIpc) is 2.65. The number of hydrogen-bond acceptors (Lipinski definition) is 5. The highest BCUT2D eigenvalue weighted by atomic mass is 32.2. The molecule has 0 spiro atoms. The zero-order chi connectivity index (χ0) is 12.2. The molecular weight excluding hydrogens is 244 g/mol. The molecule has 0 aliphatic carbocycles. The number of aromatic amines is 1. The Labute approximate surface area is 99.1 Å². The minimum absolute atomic E-state index is 0.333. The molecule has 1 aliphatic rings. The Morgan fingerprint density at radius 2 is 2.29 bits per heavy atom. The average molecular weight is 254 g/mol. The number of aromatic nitrogens is 4. The zero-order valence-electron chi connectivity index (χ0n) is 9.01. The Morgan fingerprint density at radius 1 is 1.53 bits per heavy atom. The molecule has 0 saturated carbocycles. The van der Waals surface area contributed by atoms with Crippen molar-refractivity contribution < 1.29 is 5.11 Å². The molecule has 17 heavy (non-hydrogen) atoms. The summed E-state index contributed by atoms with van der Waals surface area (Å²) in [6.07, 6.45) is -0.499. The molecule has 2 aromatic rings. The van der Waals surface area contributed by atoms with Crippen molar-refractivity contribution in [3.8, 4) is 0 Å². The van der Waals surface area contributed by atoms with Gasteiger partial charge in [0.25, 0.3) is 5.56 Å². The maximum absolute atomic E-state index is 11.8. The highest BCUT2D eigenvalue weighted by Crippen LogP contribution is 2.26. The summed E-state index contributed by atoms with van der Waals surface area (Å²) in [5.41, 5.74) is -0.247. The molecule has 0 radical (unpaired) electrons. The van der Waals surface area contributed by atoms with E-state index in [9.17, 15) is 14.7 Å². The second-order valence-electron chi connectivity index (χ2n) is 3.96. The highest BCUT2D eigenvalue weighted by molar-refractivity contribution is 7.99. The number of rotatable bonds is 0. The number of nitrogens with zero attached hydrogens (tertiary/aromatic N) is 3. The number of H-pyrrole nitrogens is 1. The van der Waals surface area contributed by atoms with Crippen molar-refractivity contribution in [2.75, 3.05) is 5.75 Å². The topological polar surface area (TPSA) is 92.9 Å². The van der Waals surface area contributed by atoms with Crippen LogP contribution in [0.5, 0.6) is 0 Å². The zero-order valence-corrected chi connectivity index (χ0v) is 9.82. The van der Waals surface area contributed by atoms with Gasteiger partial charge in [-0.15, -0.1) is 0 Å². The Kier molecular flexibility index (Phi) is 2.17. The van der Waals surface area contributed by atoms with Gasteiger partial charge in [-0.2, -0.15) is 0 Å². The number of aryl methyl sites for hydroxylation is 1. The standard InChI is InChI=1S/C9H10N4O3S/c1-12-6-5(7(15)11-8(12)16)13-2-4(14)3-17-9(13)10-6/h4,14H,2-3H2,1H3,(H,11,15,16). The number of aliphatic hydroxyl groups is 1. The normalized spacial score (nSPS) is 19.5. The number of thioether (sulfide) groups is 1. The van der Waals surface area contributed by atoms with Crippen molar-refractivity contribution in [1.29, 1.82) is 0 Å². The minimum Gasteiger partial charge on any atom is -0.390 e. The predicted octanol–water partition coefficient (Wildman–Crippen LogP) is -1.11. The molecule has 0 aromatic carbocycles. The van der Waals surface area contributed by atoms with E-state index in [1.54, 1.807) is 11.6 Å². The van der Waals surface area contributed by atoms with Gasteiger partial charge in [0, 0.05) is 12.8 Å². The van der Waals surface area contributed by atoms with Crippen LogP contribution in [0.3, 0.4) is 0 Å². The molecule has 2 aromatic heterocycles. The Hall–Kier alpha value is -1.54. The molecule has 3 heterocycles. The molecule has 2 N–H and O–H groups in total. The van der Waals surface area contributed by atoms with Crippen molar-refractivity contribution in [3.63, 3.8) is 0 Å². The lowest BCUT2D eigenvalue weighted by Gasteiger charge is -2.18. The molecule has 8 heteroatoms. The van der Waals surface area contributed by atoms with Crippen molar-refractivity contribution in [1.82, 2.24) is 19.1 Å². The van der Waals surface area contributed by atoms with E-state index in [1.807, 2.05) is 0 Å². The lowest BCUT2D eigenvalue weighted by Crippen LogP contribution is -2.30. The SMILES string of the molecule is Cn1c(=O)[nH]c(=O)c2c1nc1n2CC(O)CS1. The van der Waals surface area contributed by atoms with Gasteiger partial charge >= 0.3 is 5.69 Å². The fourth-order valence-corrected chi connectivity index (χ4v) is 2.85. The third-order valence-electron chi connectivity index (χ3n) is 2.77. The van der Waals surface area contributed by atoms with E-state index in [-0.39, 0.29) is 0 Å². The van der Waals surface area contributed by atoms with Gasteiger partial charge in [0.1, 0.15) is 0 Å². The molecule has 0 fully saturated rings. The molecule has 1 atom stereocenters. The monoisotopic (exact) mass is 254 g/mol. The minimum atomic E-state index is -0.499. The van der Waals surface area contributed by atoms with E-state index < -0.39 is 17.4 Å². The highest BCUT2D eigenvalue weighted by Gasteiger charge is 2.23. The van der Waals surface area contributed by atoms with Gasteiger partial charge in [0.2, 0.25) is 0 Å². The molecule has 1 aliphatic heterocycles. The summed E-state index contributed by atoms with van der Waals surface area (Å²) in [5, 5.41) is 10.3. The second kappa shape index (κ2) is 3.47. The van der Waals surface area contributed by atoms with Crippen molar-refractivity contribution in [3.05, 3.63) is 20.8 Å². The molecule has 0 bridgehead atoms.